The van der Waals surface area contributed by atoms with E-state index in [2.05, 4.69) is 11.9 Å². The molecule has 1 N–H and O–H groups in total. The molecule has 0 aromatic heterocycles. The van der Waals surface area contributed by atoms with E-state index < -0.39 is 17.4 Å². The highest BCUT2D eigenvalue weighted by molar-refractivity contribution is 5.98. The number of esters is 1. The third-order valence-electron chi connectivity index (χ3n) is 5.17. The maximum absolute atomic E-state index is 13.3. The number of methoxy groups -OCH3 is 1. The van der Waals surface area contributed by atoms with E-state index in [1.54, 1.807) is 30.3 Å². The summed E-state index contributed by atoms with van der Waals surface area (Å²) >= 11 is 0. The zero-order chi connectivity index (χ0) is 21.4. The van der Waals surface area contributed by atoms with Crippen LogP contribution in [0.2, 0.25) is 0 Å². The molecule has 0 radical (unpaired) electrons. The number of amides is 1. The van der Waals surface area contributed by atoms with Crippen LogP contribution >= 0.6 is 0 Å². The van der Waals surface area contributed by atoms with Crippen molar-refractivity contribution in [2.75, 3.05) is 7.11 Å². The summed E-state index contributed by atoms with van der Waals surface area (Å²) in [5, 5.41) is 3.01. The summed E-state index contributed by atoms with van der Waals surface area (Å²) < 4.78 is 5.23. The smallest absolute Gasteiger partial charge is 0.332 e. The molecule has 4 heteroatoms. The van der Waals surface area contributed by atoms with Gasteiger partial charge in [-0.1, -0.05) is 84.9 Å². The molecule has 1 amide bonds. The fourth-order valence-corrected chi connectivity index (χ4v) is 3.73. The van der Waals surface area contributed by atoms with Gasteiger partial charge in [-0.05, 0) is 23.3 Å². The second-order valence-electron chi connectivity index (χ2n) is 7.07. The first-order valence-electron chi connectivity index (χ1n) is 9.78. The first-order chi connectivity index (χ1) is 14.6. The number of carbonyl (C=O) groups excluding carboxylic acids is 2. The second-order valence-corrected chi connectivity index (χ2v) is 7.07. The largest absolute Gasteiger partial charge is 0.467 e. The van der Waals surface area contributed by atoms with Crippen molar-refractivity contribution >= 4 is 11.9 Å². The predicted octanol–water partition coefficient (Wildman–Crippen LogP) is 4.54. The summed E-state index contributed by atoms with van der Waals surface area (Å²) in [5.74, 6) is -1.37. The molecule has 152 valence electrons. The molecule has 3 aromatic rings. The highest BCUT2D eigenvalue weighted by Crippen LogP contribution is 2.34. The Kier molecular flexibility index (Phi) is 6.81. The summed E-state index contributed by atoms with van der Waals surface area (Å²) in [7, 11) is 1.34. The van der Waals surface area contributed by atoms with E-state index in [0.29, 0.717) is 5.56 Å². The molecular weight excluding hydrogens is 374 g/mol. The molecule has 0 heterocycles. The van der Waals surface area contributed by atoms with Crippen LogP contribution in [-0.2, 0) is 16.0 Å². The molecule has 3 aromatic carbocycles. The fraction of sp³-hybridized carbons (Fsp3) is 0.154. The monoisotopic (exact) mass is 399 g/mol. The topological polar surface area (TPSA) is 55.4 Å². The summed E-state index contributed by atoms with van der Waals surface area (Å²) in [4.78, 5) is 26.5. The molecule has 0 spiro atoms. The Bertz CT molecular complexity index is 987. The van der Waals surface area contributed by atoms with Crippen molar-refractivity contribution in [1.82, 2.24) is 5.32 Å². The molecule has 0 saturated heterocycles. The van der Waals surface area contributed by atoms with E-state index >= 15 is 0 Å². The maximum atomic E-state index is 13.3. The molecule has 0 aliphatic heterocycles. The number of benzene rings is 3. The third kappa shape index (κ3) is 4.49. The van der Waals surface area contributed by atoms with Gasteiger partial charge < -0.3 is 10.1 Å². The normalized spacial score (nSPS) is 13.5. The van der Waals surface area contributed by atoms with Crippen molar-refractivity contribution in [1.29, 1.82) is 0 Å². The SMILES string of the molecule is C=C[C@@H](c1ccccc1)[C@@](Cc1ccccc1)(NC(=O)c1ccccc1)C(=O)OC. The van der Waals surface area contributed by atoms with Gasteiger partial charge in [-0.3, -0.25) is 4.79 Å². The lowest BCUT2D eigenvalue weighted by molar-refractivity contribution is -0.148. The van der Waals surface area contributed by atoms with E-state index in [9.17, 15) is 9.59 Å². The van der Waals surface area contributed by atoms with Gasteiger partial charge in [-0.25, -0.2) is 4.79 Å². The first-order valence-corrected chi connectivity index (χ1v) is 9.78. The van der Waals surface area contributed by atoms with E-state index in [0.717, 1.165) is 11.1 Å². The van der Waals surface area contributed by atoms with Gasteiger partial charge in [-0.2, -0.15) is 0 Å². The molecule has 2 atom stereocenters. The molecular formula is C26H25NO3. The van der Waals surface area contributed by atoms with Crippen LogP contribution in [0.1, 0.15) is 27.4 Å². The Hall–Kier alpha value is -3.66. The minimum absolute atomic E-state index is 0.255. The fourth-order valence-electron chi connectivity index (χ4n) is 3.73. The summed E-state index contributed by atoms with van der Waals surface area (Å²) in [6.45, 7) is 3.98. The summed E-state index contributed by atoms with van der Waals surface area (Å²) in [6, 6.07) is 28.0. The van der Waals surface area contributed by atoms with Gasteiger partial charge >= 0.3 is 5.97 Å². The number of rotatable bonds is 8. The van der Waals surface area contributed by atoms with E-state index in [1.165, 1.54) is 7.11 Å². The zero-order valence-corrected chi connectivity index (χ0v) is 17.0. The minimum atomic E-state index is -1.37. The number of carbonyl (C=O) groups is 2. The van der Waals surface area contributed by atoms with Crippen LogP contribution in [0, 0.1) is 0 Å². The van der Waals surface area contributed by atoms with Crippen molar-refractivity contribution in [3.63, 3.8) is 0 Å². The van der Waals surface area contributed by atoms with Gasteiger partial charge in [0.1, 0.15) is 0 Å². The molecule has 0 saturated carbocycles. The molecule has 0 bridgehead atoms. The Morgan fingerprint density at radius 1 is 0.933 bits per heavy atom. The lowest BCUT2D eigenvalue weighted by atomic mass is 9.74. The quantitative estimate of drug-likeness (QED) is 0.447. The van der Waals surface area contributed by atoms with E-state index in [4.69, 9.17) is 4.74 Å². The lowest BCUT2D eigenvalue weighted by Gasteiger charge is -2.38. The Balaban J connectivity index is 2.14. The Morgan fingerprint density at radius 3 is 2.00 bits per heavy atom. The van der Waals surface area contributed by atoms with Crippen molar-refractivity contribution in [3.05, 3.63) is 120 Å². The van der Waals surface area contributed by atoms with Gasteiger partial charge in [0.05, 0.1) is 7.11 Å². The highest BCUT2D eigenvalue weighted by atomic mass is 16.5. The van der Waals surface area contributed by atoms with Crippen molar-refractivity contribution in [3.8, 4) is 0 Å². The molecule has 0 fully saturated rings. The molecule has 30 heavy (non-hydrogen) atoms. The second kappa shape index (κ2) is 9.70. The Labute approximate surface area is 177 Å². The van der Waals surface area contributed by atoms with Gasteiger partial charge in [0.15, 0.2) is 5.54 Å². The van der Waals surface area contributed by atoms with Gasteiger partial charge in [0.2, 0.25) is 0 Å². The number of hydrogen-bond acceptors (Lipinski definition) is 3. The van der Waals surface area contributed by atoms with Crippen LogP contribution in [-0.4, -0.2) is 24.5 Å². The van der Waals surface area contributed by atoms with E-state index in [-0.39, 0.29) is 12.3 Å². The van der Waals surface area contributed by atoms with Crippen LogP contribution in [0.15, 0.2) is 104 Å². The predicted molar refractivity (Wildman–Crippen MR) is 118 cm³/mol. The van der Waals surface area contributed by atoms with Gasteiger partial charge in [0.25, 0.3) is 5.91 Å². The minimum Gasteiger partial charge on any atom is -0.467 e. The molecule has 4 nitrogen and oxygen atoms in total. The van der Waals surface area contributed by atoms with Crippen LogP contribution in [0.4, 0.5) is 0 Å². The Morgan fingerprint density at radius 2 is 1.47 bits per heavy atom. The summed E-state index contributed by atoms with van der Waals surface area (Å²) in [6.07, 6.45) is 1.95. The van der Waals surface area contributed by atoms with Crippen LogP contribution in [0.5, 0.6) is 0 Å². The first kappa shape index (κ1) is 21.1. The van der Waals surface area contributed by atoms with Crippen LogP contribution in [0.3, 0.4) is 0 Å². The van der Waals surface area contributed by atoms with Crippen molar-refractivity contribution in [2.24, 2.45) is 0 Å². The number of ether oxygens (including phenoxy) is 1. The van der Waals surface area contributed by atoms with Crippen molar-refractivity contribution < 1.29 is 14.3 Å². The zero-order valence-electron chi connectivity index (χ0n) is 17.0. The molecule has 0 unspecified atom stereocenters. The maximum Gasteiger partial charge on any atom is 0.332 e. The number of nitrogens with one attached hydrogen (secondary N) is 1. The third-order valence-corrected chi connectivity index (χ3v) is 5.17. The van der Waals surface area contributed by atoms with Crippen LogP contribution < -0.4 is 5.32 Å². The standard InChI is InChI=1S/C26H25NO3/c1-3-23(21-15-9-5-10-16-21)26(25(29)30-2,19-20-13-7-4-8-14-20)27-24(28)22-17-11-6-12-18-22/h3-18,23H,1,19H2,2H3,(H,27,28)/t23-,26+/m0/s1. The average molecular weight is 399 g/mol. The van der Waals surface area contributed by atoms with Gasteiger partial charge in [0, 0.05) is 17.9 Å². The van der Waals surface area contributed by atoms with E-state index in [1.807, 2.05) is 66.7 Å². The van der Waals surface area contributed by atoms with Crippen LogP contribution in [0.25, 0.3) is 0 Å². The summed E-state index contributed by atoms with van der Waals surface area (Å²) in [5.41, 5.74) is 0.863. The molecule has 3 rings (SSSR count). The highest BCUT2D eigenvalue weighted by Gasteiger charge is 2.47. The van der Waals surface area contributed by atoms with Crippen molar-refractivity contribution in [2.45, 2.75) is 17.9 Å². The lowest BCUT2D eigenvalue weighted by Crippen LogP contribution is -2.60. The van der Waals surface area contributed by atoms with Gasteiger partial charge in [-0.15, -0.1) is 6.58 Å². The molecule has 0 aliphatic rings. The average Bonchev–Trinajstić information content (AvgIpc) is 2.80. The molecule has 0 aliphatic carbocycles. The number of hydrogen-bond donors (Lipinski definition) is 1.